The summed E-state index contributed by atoms with van der Waals surface area (Å²) in [4.78, 5) is 21.3. The molecule has 0 saturated carbocycles. The molecule has 14 heavy (non-hydrogen) atoms. The highest BCUT2D eigenvalue weighted by atomic mass is 16.1. The van der Waals surface area contributed by atoms with Crippen molar-refractivity contribution in [3.63, 3.8) is 0 Å². The molecule has 82 valence electrons. The van der Waals surface area contributed by atoms with Gasteiger partial charge in [0.05, 0.1) is 0 Å². The van der Waals surface area contributed by atoms with Crippen molar-refractivity contribution in [1.82, 2.24) is 5.32 Å². The van der Waals surface area contributed by atoms with E-state index in [1.54, 1.807) is 0 Å². The molecule has 0 unspecified atom stereocenters. The number of carbonyl (C=O) groups is 2. The monoisotopic (exact) mass is 201 g/mol. The Balaban J connectivity index is 3.13. The Hall–Kier alpha value is -1.10. The number of nitrogens with one attached hydrogen (secondary N) is 1. The third kappa shape index (κ3) is 8.99. The Morgan fingerprint density at radius 1 is 1.07 bits per heavy atom. The van der Waals surface area contributed by atoms with Crippen molar-refractivity contribution >= 4 is 11.8 Å². The van der Waals surface area contributed by atoms with Crippen LogP contribution in [-0.4, -0.2) is 24.9 Å². The minimum atomic E-state index is -0.267. The van der Waals surface area contributed by atoms with Crippen LogP contribution in [0.15, 0.2) is 0 Å². The first kappa shape index (κ1) is 12.9. The van der Waals surface area contributed by atoms with E-state index in [2.05, 4.69) is 5.32 Å². The molecule has 0 rings (SSSR count). The lowest BCUT2D eigenvalue weighted by Gasteiger charge is -2.03. The van der Waals surface area contributed by atoms with Crippen LogP contribution in [0.1, 0.15) is 32.1 Å². The number of primary amides is 1. The zero-order chi connectivity index (χ0) is 10.8. The Labute approximate surface area is 84.2 Å². The van der Waals surface area contributed by atoms with Crippen LogP contribution in [0.25, 0.3) is 0 Å². The van der Waals surface area contributed by atoms with E-state index in [1.807, 2.05) is 0 Å². The Morgan fingerprint density at radius 2 is 1.79 bits per heavy atom. The van der Waals surface area contributed by atoms with Crippen LogP contribution in [0.4, 0.5) is 0 Å². The number of rotatable bonds is 8. The predicted molar refractivity (Wildman–Crippen MR) is 54.3 cm³/mol. The molecule has 0 aromatic heterocycles. The van der Waals surface area contributed by atoms with Crippen molar-refractivity contribution in [2.75, 3.05) is 13.1 Å². The second-order valence-corrected chi connectivity index (χ2v) is 3.17. The molecule has 0 heterocycles. The van der Waals surface area contributed by atoms with Crippen molar-refractivity contribution in [1.29, 1.82) is 0 Å². The molecule has 5 heteroatoms. The minimum absolute atomic E-state index is 0.0117. The lowest BCUT2D eigenvalue weighted by molar-refractivity contribution is -0.121. The van der Waals surface area contributed by atoms with Crippen LogP contribution >= 0.6 is 0 Å². The quantitative estimate of drug-likeness (QED) is 0.461. The van der Waals surface area contributed by atoms with Gasteiger partial charge in [-0.2, -0.15) is 0 Å². The molecule has 2 amide bonds. The van der Waals surface area contributed by atoms with Crippen LogP contribution in [0.3, 0.4) is 0 Å². The average molecular weight is 201 g/mol. The van der Waals surface area contributed by atoms with E-state index in [1.165, 1.54) is 0 Å². The highest BCUT2D eigenvalue weighted by molar-refractivity contribution is 5.76. The summed E-state index contributed by atoms with van der Waals surface area (Å²) >= 11 is 0. The maximum absolute atomic E-state index is 10.9. The van der Waals surface area contributed by atoms with Gasteiger partial charge in [0.2, 0.25) is 11.8 Å². The number of amides is 2. The first-order valence-corrected chi connectivity index (χ1v) is 4.92. The van der Waals surface area contributed by atoms with Gasteiger partial charge in [0.15, 0.2) is 0 Å². The van der Waals surface area contributed by atoms with Gasteiger partial charge in [-0.3, -0.25) is 9.59 Å². The van der Waals surface area contributed by atoms with Gasteiger partial charge in [-0.05, 0) is 12.8 Å². The summed E-state index contributed by atoms with van der Waals surface area (Å²) in [6.45, 7) is 1.03. The van der Waals surface area contributed by atoms with Gasteiger partial charge < -0.3 is 16.8 Å². The first-order valence-electron chi connectivity index (χ1n) is 4.92. The third-order valence-electron chi connectivity index (χ3n) is 1.79. The lowest BCUT2D eigenvalue weighted by Crippen LogP contribution is -2.26. The molecule has 0 bridgehead atoms. The Bertz CT molecular complexity index is 183. The van der Waals surface area contributed by atoms with Crippen LogP contribution < -0.4 is 16.8 Å². The van der Waals surface area contributed by atoms with Crippen molar-refractivity contribution in [3.05, 3.63) is 0 Å². The molecule has 0 fully saturated rings. The summed E-state index contributed by atoms with van der Waals surface area (Å²) in [5, 5.41) is 2.74. The Kier molecular flexibility index (Phi) is 7.83. The molecular weight excluding hydrogens is 182 g/mol. The van der Waals surface area contributed by atoms with Crippen LogP contribution in [0.5, 0.6) is 0 Å². The van der Waals surface area contributed by atoms with Crippen LogP contribution in [0, 0.1) is 0 Å². The molecule has 0 aromatic rings. The van der Waals surface area contributed by atoms with Gasteiger partial charge in [-0.1, -0.05) is 6.42 Å². The van der Waals surface area contributed by atoms with E-state index in [0.717, 1.165) is 19.3 Å². The maximum atomic E-state index is 10.9. The second-order valence-electron chi connectivity index (χ2n) is 3.17. The van der Waals surface area contributed by atoms with Gasteiger partial charge in [0.25, 0.3) is 0 Å². The normalized spacial score (nSPS) is 9.79. The standard InChI is InChI=1S/C9H19N3O2/c10-6-5-9(14)12-7-3-1-2-4-8(11)13/h1-7,10H2,(H2,11,13)(H,12,14). The van der Waals surface area contributed by atoms with E-state index < -0.39 is 0 Å². The third-order valence-corrected chi connectivity index (χ3v) is 1.79. The topological polar surface area (TPSA) is 98.2 Å². The highest BCUT2D eigenvalue weighted by Gasteiger charge is 1.98. The molecule has 0 spiro atoms. The van der Waals surface area contributed by atoms with Crippen molar-refractivity contribution in [2.24, 2.45) is 11.5 Å². The minimum Gasteiger partial charge on any atom is -0.370 e. The summed E-state index contributed by atoms with van der Waals surface area (Å²) in [7, 11) is 0. The highest BCUT2D eigenvalue weighted by Crippen LogP contribution is 1.97. The maximum Gasteiger partial charge on any atom is 0.221 e. The van der Waals surface area contributed by atoms with Crippen molar-refractivity contribution in [3.8, 4) is 0 Å². The number of hydrogen-bond donors (Lipinski definition) is 3. The Morgan fingerprint density at radius 3 is 2.36 bits per heavy atom. The molecule has 0 aliphatic rings. The van der Waals surface area contributed by atoms with E-state index in [-0.39, 0.29) is 11.8 Å². The van der Waals surface area contributed by atoms with E-state index in [4.69, 9.17) is 11.5 Å². The zero-order valence-electron chi connectivity index (χ0n) is 8.42. The summed E-state index contributed by atoms with van der Waals surface area (Å²) in [6.07, 6.45) is 3.38. The lowest BCUT2D eigenvalue weighted by atomic mass is 10.2. The molecule has 0 aliphatic heterocycles. The van der Waals surface area contributed by atoms with Gasteiger partial charge in [0.1, 0.15) is 0 Å². The molecule has 0 aromatic carbocycles. The molecule has 0 aliphatic carbocycles. The van der Waals surface area contributed by atoms with Crippen molar-refractivity contribution < 1.29 is 9.59 Å². The number of carbonyl (C=O) groups excluding carboxylic acids is 2. The molecule has 0 atom stereocenters. The number of unbranched alkanes of at least 4 members (excludes halogenated alkanes) is 2. The number of hydrogen-bond acceptors (Lipinski definition) is 3. The number of nitrogens with two attached hydrogens (primary N) is 2. The van der Waals surface area contributed by atoms with Gasteiger partial charge in [-0.15, -0.1) is 0 Å². The SMILES string of the molecule is NCCC(=O)NCCCCCC(N)=O. The fourth-order valence-electron chi connectivity index (χ4n) is 1.05. The van der Waals surface area contributed by atoms with Gasteiger partial charge in [0, 0.05) is 25.9 Å². The molecule has 0 saturated heterocycles. The average Bonchev–Trinajstić information content (AvgIpc) is 2.11. The molecular formula is C9H19N3O2. The summed E-state index contributed by atoms with van der Waals surface area (Å²) in [6, 6.07) is 0. The van der Waals surface area contributed by atoms with E-state index in [9.17, 15) is 9.59 Å². The van der Waals surface area contributed by atoms with Gasteiger partial charge in [-0.25, -0.2) is 0 Å². The second kappa shape index (κ2) is 8.50. The van der Waals surface area contributed by atoms with Crippen LogP contribution in [0.2, 0.25) is 0 Å². The molecule has 5 N–H and O–H groups in total. The van der Waals surface area contributed by atoms with Gasteiger partial charge >= 0.3 is 0 Å². The summed E-state index contributed by atoms with van der Waals surface area (Å²) in [5.74, 6) is -0.278. The van der Waals surface area contributed by atoms with E-state index in [0.29, 0.717) is 25.9 Å². The fourth-order valence-corrected chi connectivity index (χ4v) is 1.05. The van der Waals surface area contributed by atoms with E-state index >= 15 is 0 Å². The first-order chi connectivity index (χ1) is 6.66. The fraction of sp³-hybridized carbons (Fsp3) is 0.778. The molecule has 0 radical (unpaired) electrons. The smallest absolute Gasteiger partial charge is 0.221 e. The predicted octanol–water partition coefficient (Wildman–Crippen LogP) is -0.503. The van der Waals surface area contributed by atoms with Crippen molar-refractivity contribution in [2.45, 2.75) is 32.1 Å². The summed E-state index contributed by atoms with van der Waals surface area (Å²) in [5.41, 5.74) is 10.2. The molecule has 5 nitrogen and oxygen atoms in total. The zero-order valence-corrected chi connectivity index (χ0v) is 8.42. The largest absolute Gasteiger partial charge is 0.370 e. The van der Waals surface area contributed by atoms with Crippen LogP contribution in [-0.2, 0) is 9.59 Å². The summed E-state index contributed by atoms with van der Waals surface area (Å²) < 4.78 is 0.